The van der Waals surface area contributed by atoms with Crippen LogP contribution in [0, 0.1) is 13.8 Å². The Kier molecular flexibility index (Phi) is 8.04. The molecule has 1 aromatic heterocycles. The van der Waals surface area contributed by atoms with E-state index in [1.54, 1.807) is 11.3 Å². The van der Waals surface area contributed by atoms with E-state index in [4.69, 9.17) is 0 Å². The maximum Gasteiger partial charge on any atom is 0.191 e. The van der Waals surface area contributed by atoms with Crippen molar-refractivity contribution < 1.29 is 0 Å². The van der Waals surface area contributed by atoms with Crippen molar-refractivity contribution in [2.45, 2.75) is 33.2 Å². The van der Waals surface area contributed by atoms with E-state index in [9.17, 15) is 0 Å². The molecule has 4 nitrogen and oxygen atoms in total. The molecule has 144 valence electrons. The van der Waals surface area contributed by atoms with Crippen LogP contribution in [0.15, 0.2) is 47.5 Å². The fraction of sp³-hybridized carbons (Fsp3) is 0.333. The number of nitrogens with zero attached hydrogens (tertiary/aromatic N) is 2. The first kappa shape index (κ1) is 21.6. The normalized spacial score (nSPS) is 12.5. The topological polar surface area (TPSA) is 49.3 Å². The Bertz CT molecular complexity index is 914. The van der Waals surface area contributed by atoms with Gasteiger partial charge in [0.25, 0.3) is 0 Å². The quantitative estimate of drug-likeness (QED) is 0.298. The average Bonchev–Trinajstić information content (AvgIpc) is 2.97. The molecule has 27 heavy (non-hydrogen) atoms. The predicted octanol–water partition coefficient (Wildman–Crippen LogP) is 5.00. The molecule has 0 saturated carbocycles. The van der Waals surface area contributed by atoms with Crippen LogP contribution in [-0.2, 0) is 6.42 Å². The van der Waals surface area contributed by atoms with Gasteiger partial charge in [-0.05, 0) is 37.1 Å². The number of aryl methyl sites for hydroxylation is 2. The second-order valence-corrected chi connectivity index (χ2v) is 7.71. The molecule has 0 bridgehead atoms. The van der Waals surface area contributed by atoms with Crippen LogP contribution < -0.4 is 10.6 Å². The van der Waals surface area contributed by atoms with Gasteiger partial charge in [-0.2, -0.15) is 0 Å². The average molecular weight is 494 g/mol. The highest BCUT2D eigenvalue weighted by atomic mass is 127. The summed E-state index contributed by atoms with van der Waals surface area (Å²) < 4.78 is 0. The van der Waals surface area contributed by atoms with Crippen LogP contribution in [0.3, 0.4) is 0 Å². The molecule has 1 atom stereocenters. The van der Waals surface area contributed by atoms with Crippen LogP contribution in [-0.4, -0.2) is 24.5 Å². The third kappa shape index (κ3) is 5.42. The van der Waals surface area contributed by atoms with Gasteiger partial charge in [-0.3, -0.25) is 4.99 Å². The van der Waals surface area contributed by atoms with Crippen LogP contribution in [0.5, 0.6) is 0 Å². The molecule has 0 aliphatic heterocycles. The first-order valence-electron chi connectivity index (χ1n) is 8.96. The number of hydrogen-bond acceptors (Lipinski definition) is 3. The lowest BCUT2D eigenvalue weighted by Gasteiger charge is -2.19. The minimum absolute atomic E-state index is 0. The van der Waals surface area contributed by atoms with Gasteiger partial charge in [-0.1, -0.05) is 42.5 Å². The van der Waals surface area contributed by atoms with Gasteiger partial charge < -0.3 is 10.6 Å². The van der Waals surface area contributed by atoms with Crippen molar-refractivity contribution in [1.82, 2.24) is 15.6 Å². The van der Waals surface area contributed by atoms with Gasteiger partial charge in [-0.25, -0.2) is 4.98 Å². The zero-order valence-electron chi connectivity index (χ0n) is 16.2. The summed E-state index contributed by atoms with van der Waals surface area (Å²) in [5, 5.41) is 10.6. The van der Waals surface area contributed by atoms with Crippen molar-refractivity contribution in [2.24, 2.45) is 4.99 Å². The summed E-state index contributed by atoms with van der Waals surface area (Å²) in [6.07, 6.45) is 0.959. The molecule has 0 aliphatic carbocycles. The number of benzene rings is 2. The zero-order valence-corrected chi connectivity index (χ0v) is 19.4. The largest absolute Gasteiger partial charge is 0.356 e. The molecule has 1 heterocycles. The van der Waals surface area contributed by atoms with Crippen LogP contribution in [0.4, 0.5) is 0 Å². The second-order valence-electron chi connectivity index (χ2n) is 6.42. The highest BCUT2D eigenvalue weighted by molar-refractivity contribution is 14.0. The van der Waals surface area contributed by atoms with E-state index in [0.29, 0.717) is 0 Å². The number of thiazole rings is 1. The molecular formula is C21H27IN4S. The number of aromatic nitrogens is 1. The summed E-state index contributed by atoms with van der Waals surface area (Å²) in [4.78, 5) is 10.2. The molecule has 3 rings (SSSR count). The summed E-state index contributed by atoms with van der Waals surface area (Å²) in [7, 11) is 1.81. The summed E-state index contributed by atoms with van der Waals surface area (Å²) in [5.41, 5.74) is 2.42. The fourth-order valence-electron chi connectivity index (χ4n) is 3.21. The molecular weight excluding hydrogens is 467 g/mol. The Morgan fingerprint density at radius 3 is 2.59 bits per heavy atom. The summed E-state index contributed by atoms with van der Waals surface area (Å²) >= 11 is 1.77. The Morgan fingerprint density at radius 1 is 1.15 bits per heavy atom. The van der Waals surface area contributed by atoms with E-state index in [0.717, 1.165) is 29.6 Å². The van der Waals surface area contributed by atoms with E-state index in [-0.39, 0.29) is 30.0 Å². The Balaban J connectivity index is 0.00000261. The number of guanidine groups is 1. The van der Waals surface area contributed by atoms with E-state index in [1.165, 1.54) is 21.2 Å². The van der Waals surface area contributed by atoms with Crippen LogP contribution in [0.1, 0.15) is 34.1 Å². The number of rotatable bonds is 5. The third-order valence-electron chi connectivity index (χ3n) is 4.51. The summed E-state index contributed by atoms with van der Waals surface area (Å²) in [5.74, 6) is 0.823. The molecule has 2 aromatic carbocycles. The fourth-order valence-corrected chi connectivity index (χ4v) is 4.14. The third-order valence-corrected chi connectivity index (χ3v) is 5.64. The molecule has 3 aromatic rings. The molecule has 1 unspecified atom stereocenters. The molecule has 2 N–H and O–H groups in total. The van der Waals surface area contributed by atoms with Crippen molar-refractivity contribution in [3.63, 3.8) is 0 Å². The minimum Gasteiger partial charge on any atom is -0.356 e. The number of halogens is 1. The van der Waals surface area contributed by atoms with Gasteiger partial charge in [0.1, 0.15) is 0 Å². The van der Waals surface area contributed by atoms with E-state index < -0.39 is 0 Å². The van der Waals surface area contributed by atoms with Gasteiger partial charge in [0.2, 0.25) is 0 Å². The van der Waals surface area contributed by atoms with Crippen molar-refractivity contribution in [2.75, 3.05) is 13.6 Å². The number of hydrogen-bond donors (Lipinski definition) is 2. The Hall–Kier alpha value is -1.67. The van der Waals surface area contributed by atoms with E-state index in [1.807, 2.05) is 7.05 Å². The lowest BCUT2D eigenvalue weighted by atomic mass is 10.00. The highest BCUT2D eigenvalue weighted by Gasteiger charge is 2.11. The molecule has 0 aliphatic rings. The summed E-state index contributed by atoms with van der Waals surface area (Å²) in [6, 6.07) is 15.1. The van der Waals surface area contributed by atoms with Gasteiger partial charge in [0.15, 0.2) is 5.96 Å². The first-order valence-corrected chi connectivity index (χ1v) is 9.78. The predicted molar refractivity (Wildman–Crippen MR) is 128 cm³/mol. The standard InChI is InChI=1S/C21H26N4S.HI/c1-14(18-11-7-9-17-8-5-6-10-19(17)18)25-21(22-4)23-13-12-20-15(2)24-16(3)26-20;/h5-11,14H,12-13H2,1-4H3,(H2,22,23,25);1H. The molecule has 0 fully saturated rings. The monoisotopic (exact) mass is 494 g/mol. The maximum absolute atomic E-state index is 4.49. The Labute approximate surface area is 182 Å². The van der Waals surface area contributed by atoms with Gasteiger partial charge >= 0.3 is 0 Å². The highest BCUT2D eigenvalue weighted by Crippen LogP contribution is 2.24. The van der Waals surface area contributed by atoms with Crippen molar-refractivity contribution >= 4 is 52.0 Å². The first-order chi connectivity index (χ1) is 12.6. The van der Waals surface area contributed by atoms with Gasteiger partial charge in [0, 0.05) is 24.9 Å². The lowest BCUT2D eigenvalue weighted by molar-refractivity contribution is 0.689. The zero-order chi connectivity index (χ0) is 18.5. The van der Waals surface area contributed by atoms with Gasteiger partial charge in [-0.15, -0.1) is 35.3 Å². The number of fused-ring (bicyclic) bond motifs is 1. The second kappa shape index (κ2) is 10.0. The molecule has 6 heteroatoms. The SMILES string of the molecule is CN=C(NCCc1sc(C)nc1C)NC(C)c1cccc2ccccc12.I. The summed E-state index contributed by atoms with van der Waals surface area (Å²) in [6.45, 7) is 7.14. The van der Waals surface area contributed by atoms with Crippen LogP contribution in [0.25, 0.3) is 10.8 Å². The molecule has 0 saturated heterocycles. The smallest absolute Gasteiger partial charge is 0.191 e. The molecule has 0 spiro atoms. The van der Waals surface area contributed by atoms with Crippen molar-refractivity contribution in [3.05, 3.63) is 63.6 Å². The maximum atomic E-state index is 4.49. The van der Waals surface area contributed by atoms with Crippen LogP contribution in [0.2, 0.25) is 0 Å². The number of nitrogens with one attached hydrogen (secondary N) is 2. The number of aliphatic imine (C=N–C) groups is 1. The minimum atomic E-state index is 0. The lowest BCUT2D eigenvalue weighted by Crippen LogP contribution is -2.39. The molecule has 0 radical (unpaired) electrons. The van der Waals surface area contributed by atoms with Crippen molar-refractivity contribution in [1.29, 1.82) is 0 Å². The van der Waals surface area contributed by atoms with Crippen LogP contribution >= 0.6 is 35.3 Å². The van der Waals surface area contributed by atoms with E-state index in [2.05, 4.69) is 83.8 Å². The van der Waals surface area contributed by atoms with E-state index >= 15 is 0 Å². The van der Waals surface area contributed by atoms with Gasteiger partial charge in [0.05, 0.1) is 16.7 Å². The molecule has 0 amide bonds. The Morgan fingerprint density at radius 2 is 1.89 bits per heavy atom. The van der Waals surface area contributed by atoms with Crippen molar-refractivity contribution in [3.8, 4) is 0 Å².